The maximum Gasteiger partial charge on any atom is 0.190 e. The van der Waals surface area contributed by atoms with Crippen molar-refractivity contribution in [3.8, 4) is 0 Å². The lowest BCUT2D eigenvalue weighted by Gasteiger charge is -2.11. The molecule has 3 rings (SSSR count). The van der Waals surface area contributed by atoms with Crippen LogP contribution in [0.5, 0.6) is 0 Å². The molecule has 2 aromatic heterocycles. The van der Waals surface area contributed by atoms with Crippen LogP contribution in [0.3, 0.4) is 0 Å². The van der Waals surface area contributed by atoms with Gasteiger partial charge in [0.1, 0.15) is 5.15 Å². The lowest BCUT2D eigenvalue weighted by Crippen LogP contribution is -2.39. The molecule has 0 unspecified atom stereocenters. The third-order valence-corrected chi connectivity index (χ3v) is 4.64. The molecule has 0 saturated carbocycles. The van der Waals surface area contributed by atoms with Crippen LogP contribution in [-0.4, -0.2) is 36.1 Å². The number of aromatic nitrogens is 2. The molecule has 0 bridgehead atoms. The molecule has 5 nitrogen and oxygen atoms in total. The molecule has 0 aliphatic carbocycles. The summed E-state index contributed by atoms with van der Waals surface area (Å²) < 4.78 is 0. The second kappa shape index (κ2) is 8.72. The second-order valence-electron chi connectivity index (χ2n) is 6.23. The van der Waals surface area contributed by atoms with Crippen molar-refractivity contribution in [3.63, 3.8) is 0 Å². The Kier molecular flexibility index (Phi) is 6.12. The van der Waals surface area contributed by atoms with E-state index in [9.17, 15) is 0 Å². The van der Waals surface area contributed by atoms with Crippen molar-refractivity contribution in [2.75, 3.05) is 20.1 Å². The predicted molar refractivity (Wildman–Crippen MR) is 109 cm³/mol. The van der Waals surface area contributed by atoms with E-state index in [0.717, 1.165) is 37.5 Å². The van der Waals surface area contributed by atoms with E-state index in [4.69, 9.17) is 11.6 Å². The van der Waals surface area contributed by atoms with Gasteiger partial charge < -0.3 is 15.6 Å². The van der Waals surface area contributed by atoms with Gasteiger partial charge in [-0.2, -0.15) is 0 Å². The highest BCUT2D eigenvalue weighted by molar-refractivity contribution is 6.29. The first kappa shape index (κ1) is 18.3. The first-order valence-electron chi connectivity index (χ1n) is 8.78. The smallest absolute Gasteiger partial charge is 0.190 e. The molecule has 26 heavy (non-hydrogen) atoms. The molecule has 3 aromatic rings. The Bertz CT molecular complexity index is 883. The maximum absolute atomic E-state index is 5.80. The van der Waals surface area contributed by atoms with Gasteiger partial charge in [0.2, 0.25) is 0 Å². The molecular weight excluding hydrogens is 346 g/mol. The largest absolute Gasteiger partial charge is 0.361 e. The number of guanidine groups is 1. The number of hydrogen-bond acceptors (Lipinski definition) is 2. The minimum atomic E-state index is 0.520. The maximum atomic E-state index is 5.80. The second-order valence-corrected chi connectivity index (χ2v) is 6.61. The molecular formula is C20H24ClN5. The van der Waals surface area contributed by atoms with Crippen molar-refractivity contribution in [1.29, 1.82) is 0 Å². The number of nitrogens with one attached hydrogen (secondary N) is 3. The highest BCUT2D eigenvalue weighted by atomic mass is 35.5. The first-order chi connectivity index (χ1) is 12.7. The lowest BCUT2D eigenvalue weighted by atomic mass is 10.1. The fourth-order valence-corrected chi connectivity index (χ4v) is 3.10. The minimum absolute atomic E-state index is 0.520. The Morgan fingerprint density at radius 3 is 2.69 bits per heavy atom. The van der Waals surface area contributed by atoms with E-state index >= 15 is 0 Å². The van der Waals surface area contributed by atoms with Gasteiger partial charge in [-0.05, 0) is 42.5 Å². The molecule has 6 heteroatoms. The highest BCUT2D eigenvalue weighted by Gasteiger charge is 2.05. The van der Waals surface area contributed by atoms with Crippen molar-refractivity contribution >= 4 is 28.5 Å². The van der Waals surface area contributed by atoms with Crippen LogP contribution in [0.4, 0.5) is 0 Å². The molecule has 0 fully saturated rings. The minimum Gasteiger partial charge on any atom is -0.361 e. The van der Waals surface area contributed by atoms with E-state index < -0.39 is 0 Å². The summed E-state index contributed by atoms with van der Waals surface area (Å²) in [5, 5.41) is 8.52. The van der Waals surface area contributed by atoms with Gasteiger partial charge in [0, 0.05) is 43.4 Å². The van der Waals surface area contributed by atoms with E-state index in [1.807, 2.05) is 12.1 Å². The van der Waals surface area contributed by atoms with Crippen molar-refractivity contribution in [2.45, 2.75) is 19.8 Å². The molecule has 0 spiro atoms. The van der Waals surface area contributed by atoms with Gasteiger partial charge >= 0.3 is 0 Å². The summed E-state index contributed by atoms with van der Waals surface area (Å²) in [4.78, 5) is 11.7. The quantitative estimate of drug-likeness (QED) is 0.354. The Balaban J connectivity index is 1.46. The Morgan fingerprint density at radius 1 is 1.15 bits per heavy atom. The zero-order valence-electron chi connectivity index (χ0n) is 15.1. The van der Waals surface area contributed by atoms with Gasteiger partial charge in [0.25, 0.3) is 0 Å². The summed E-state index contributed by atoms with van der Waals surface area (Å²) in [7, 11) is 1.79. The molecule has 0 radical (unpaired) electrons. The Labute approximate surface area is 158 Å². The van der Waals surface area contributed by atoms with Crippen molar-refractivity contribution in [1.82, 2.24) is 20.6 Å². The van der Waals surface area contributed by atoms with Gasteiger partial charge in [-0.15, -0.1) is 0 Å². The molecule has 0 saturated heterocycles. The topological polar surface area (TPSA) is 65.1 Å². The monoisotopic (exact) mass is 369 g/mol. The number of aromatic amines is 1. The van der Waals surface area contributed by atoms with Gasteiger partial charge in [-0.25, -0.2) is 4.98 Å². The predicted octanol–water partition coefficient (Wildman–Crippen LogP) is 3.47. The Morgan fingerprint density at radius 2 is 1.96 bits per heavy atom. The summed E-state index contributed by atoms with van der Waals surface area (Å²) in [6.45, 7) is 3.74. The molecule has 2 heterocycles. The zero-order valence-corrected chi connectivity index (χ0v) is 15.9. The van der Waals surface area contributed by atoms with Crippen LogP contribution >= 0.6 is 11.6 Å². The zero-order chi connectivity index (χ0) is 18.4. The highest BCUT2D eigenvalue weighted by Crippen LogP contribution is 2.21. The first-order valence-corrected chi connectivity index (χ1v) is 9.15. The van der Waals surface area contributed by atoms with Crippen molar-refractivity contribution in [3.05, 3.63) is 64.6 Å². The third kappa shape index (κ3) is 4.55. The molecule has 136 valence electrons. The summed E-state index contributed by atoms with van der Waals surface area (Å²) in [6, 6.07) is 10.2. The van der Waals surface area contributed by atoms with Crippen LogP contribution in [0.1, 0.15) is 16.7 Å². The number of aliphatic imine (C=N–C) groups is 1. The van der Waals surface area contributed by atoms with Gasteiger partial charge in [-0.3, -0.25) is 4.99 Å². The molecule has 1 aromatic carbocycles. The molecule has 0 aliphatic rings. The van der Waals surface area contributed by atoms with Crippen LogP contribution in [-0.2, 0) is 12.8 Å². The van der Waals surface area contributed by atoms with Crippen LogP contribution in [0.15, 0.2) is 47.7 Å². The van der Waals surface area contributed by atoms with E-state index in [2.05, 4.69) is 56.9 Å². The number of para-hydroxylation sites is 1. The van der Waals surface area contributed by atoms with E-state index in [-0.39, 0.29) is 0 Å². The summed E-state index contributed by atoms with van der Waals surface area (Å²) in [5.74, 6) is 0.808. The fraction of sp³-hybridized carbons (Fsp3) is 0.300. The van der Waals surface area contributed by atoms with Crippen LogP contribution < -0.4 is 10.6 Å². The number of H-pyrrole nitrogens is 1. The Hall–Kier alpha value is -2.53. The van der Waals surface area contributed by atoms with E-state index in [1.165, 1.54) is 22.0 Å². The number of hydrogen-bond donors (Lipinski definition) is 3. The number of halogens is 1. The number of fused-ring (bicyclic) bond motifs is 1. The average Bonchev–Trinajstić information content (AvgIpc) is 3.06. The van der Waals surface area contributed by atoms with Gasteiger partial charge in [0.05, 0.1) is 0 Å². The van der Waals surface area contributed by atoms with Gasteiger partial charge in [0.15, 0.2) is 5.96 Å². The summed E-state index contributed by atoms with van der Waals surface area (Å²) >= 11 is 5.80. The fourth-order valence-electron chi connectivity index (χ4n) is 2.99. The standard InChI is InChI=1S/C20H24ClN5/c1-14-4-3-5-17-16(13-26-19(14)17)9-11-24-20(22-2)23-10-8-15-6-7-18(21)25-12-15/h3-7,12-13,26H,8-11H2,1-2H3,(H2,22,23,24). The molecule has 3 N–H and O–H groups in total. The SMILES string of the molecule is CN=C(NCCc1ccc(Cl)nc1)NCCc1c[nH]c2c(C)cccc12. The van der Waals surface area contributed by atoms with Crippen molar-refractivity contribution < 1.29 is 0 Å². The van der Waals surface area contributed by atoms with Crippen LogP contribution in [0.2, 0.25) is 5.15 Å². The van der Waals surface area contributed by atoms with E-state index in [0.29, 0.717) is 5.15 Å². The van der Waals surface area contributed by atoms with Crippen LogP contribution in [0, 0.1) is 6.92 Å². The number of pyridine rings is 1. The summed E-state index contributed by atoms with van der Waals surface area (Å²) in [6.07, 6.45) is 5.71. The number of rotatable bonds is 6. The normalized spacial score (nSPS) is 11.7. The third-order valence-electron chi connectivity index (χ3n) is 4.41. The number of benzene rings is 1. The summed E-state index contributed by atoms with van der Waals surface area (Å²) in [5.41, 5.74) is 4.96. The van der Waals surface area contributed by atoms with E-state index in [1.54, 1.807) is 13.2 Å². The van der Waals surface area contributed by atoms with Crippen LogP contribution in [0.25, 0.3) is 10.9 Å². The molecule has 0 atom stereocenters. The number of nitrogens with zero attached hydrogens (tertiary/aromatic N) is 2. The molecule has 0 amide bonds. The van der Waals surface area contributed by atoms with Gasteiger partial charge in [-0.1, -0.05) is 35.9 Å². The molecule has 0 aliphatic heterocycles. The number of aryl methyl sites for hydroxylation is 1. The van der Waals surface area contributed by atoms with Crippen molar-refractivity contribution in [2.24, 2.45) is 4.99 Å². The average molecular weight is 370 g/mol. The lowest BCUT2D eigenvalue weighted by molar-refractivity contribution is 0.784.